The van der Waals surface area contributed by atoms with Crippen LogP contribution in [0.1, 0.15) is 42.4 Å². The first-order valence-corrected chi connectivity index (χ1v) is 11.7. The third-order valence-electron chi connectivity index (χ3n) is 5.96. The van der Waals surface area contributed by atoms with Crippen LogP contribution < -0.4 is 10.2 Å². The highest BCUT2D eigenvalue weighted by Crippen LogP contribution is 2.33. The Labute approximate surface area is 214 Å². The zero-order valence-electron chi connectivity index (χ0n) is 21.3. The molecule has 0 aliphatic heterocycles. The minimum Gasteiger partial charge on any atom is -0.435 e. The smallest absolute Gasteiger partial charge is 0.416 e. The first kappa shape index (κ1) is 26.0. The van der Waals surface area contributed by atoms with Gasteiger partial charge in [0.1, 0.15) is 0 Å². The molecule has 3 aromatic carbocycles. The molecule has 1 amide bonds. The van der Waals surface area contributed by atoms with Crippen LogP contribution in [-0.2, 0) is 11.6 Å². The number of carbonyl (C=O) groups is 1. The maximum atomic E-state index is 13.2. The molecule has 0 saturated heterocycles. The van der Waals surface area contributed by atoms with Gasteiger partial charge in [-0.25, -0.2) is 4.98 Å². The van der Waals surface area contributed by atoms with Gasteiger partial charge in [-0.3, -0.25) is 4.79 Å². The summed E-state index contributed by atoms with van der Waals surface area (Å²) in [4.78, 5) is 19.7. The summed E-state index contributed by atoms with van der Waals surface area (Å²) < 4.78 is 44.8. The third kappa shape index (κ3) is 5.85. The van der Waals surface area contributed by atoms with Gasteiger partial charge in [0.25, 0.3) is 5.91 Å². The number of hydrogen-bond donors (Lipinski definition) is 1. The van der Waals surface area contributed by atoms with Crippen LogP contribution in [0.4, 0.5) is 24.5 Å². The molecule has 0 radical (unpaired) electrons. The van der Waals surface area contributed by atoms with Crippen molar-refractivity contribution < 1.29 is 22.4 Å². The van der Waals surface area contributed by atoms with Gasteiger partial charge in [0.05, 0.1) is 5.56 Å². The lowest BCUT2D eigenvalue weighted by atomic mass is 9.87. The largest absolute Gasteiger partial charge is 0.435 e. The number of alkyl halides is 3. The van der Waals surface area contributed by atoms with E-state index in [2.05, 4.69) is 31.1 Å². The first-order valence-electron chi connectivity index (χ1n) is 11.7. The second kappa shape index (κ2) is 9.76. The van der Waals surface area contributed by atoms with E-state index in [1.165, 1.54) is 12.1 Å². The number of oxazole rings is 1. The van der Waals surface area contributed by atoms with Crippen LogP contribution in [-0.4, -0.2) is 25.0 Å². The van der Waals surface area contributed by atoms with Crippen LogP contribution >= 0.6 is 0 Å². The molecule has 8 heteroatoms. The predicted molar refractivity (Wildman–Crippen MR) is 140 cm³/mol. The molecule has 1 aromatic heterocycles. The lowest BCUT2D eigenvalue weighted by molar-refractivity contribution is -0.137. The summed E-state index contributed by atoms with van der Waals surface area (Å²) in [6.07, 6.45) is -4.46. The van der Waals surface area contributed by atoms with Crippen molar-refractivity contribution in [3.8, 4) is 22.8 Å². The fourth-order valence-corrected chi connectivity index (χ4v) is 3.75. The fraction of sp³-hybridized carbons (Fsp3) is 0.241. The number of anilines is 2. The predicted octanol–water partition coefficient (Wildman–Crippen LogP) is 7.64. The van der Waals surface area contributed by atoms with Crippen molar-refractivity contribution in [2.24, 2.45) is 0 Å². The third-order valence-corrected chi connectivity index (χ3v) is 5.96. The maximum Gasteiger partial charge on any atom is 0.416 e. The number of carbonyl (C=O) groups excluding carboxylic acids is 1. The monoisotopic (exact) mass is 507 g/mol. The fourth-order valence-electron chi connectivity index (χ4n) is 3.75. The van der Waals surface area contributed by atoms with E-state index in [-0.39, 0.29) is 28.4 Å². The summed E-state index contributed by atoms with van der Waals surface area (Å²) in [5.74, 6) is -0.0536. The minimum atomic E-state index is -4.46. The topological polar surface area (TPSA) is 58.4 Å². The van der Waals surface area contributed by atoms with Gasteiger partial charge < -0.3 is 14.6 Å². The van der Waals surface area contributed by atoms with E-state index in [4.69, 9.17) is 4.42 Å². The zero-order chi connectivity index (χ0) is 27.0. The summed E-state index contributed by atoms with van der Waals surface area (Å²) >= 11 is 0. The number of rotatable bonds is 5. The zero-order valence-corrected chi connectivity index (χ0v) is 21.3. The van der Waals surface area contributed by atoms with Crippen LogP contribution in [0.5, 0.6) is 0 Å². The van der Waals surface area contributed by atoms with E-state index < -0.39 is 17.6 Å². The molecule has 4 aromatic rings. The number of halogens is 3. The molecule has 0 aliphatic rings. The molecule has 1 heterocycles. The summed E-state index contributed by atoms with van der Waals surface area (Å²) in [5, 5.41) is 2.63. The van der Waals surface area contributed by atoms with Gasteiger partial charge in [0, 0.05) is 36.6 Å². The number of aromatic nitrogens is 1. The summed E-state index contributed by atoms with van der Waals surface area (Å²) in [7, 11) is 3.84. The van der Waals surface area contributed by atoms with Crippen LogP contribution in [0.3, 0.4) is 0 Å². The van der Waals surface area contributed by atoms with E-state index in [9.17, 15) is 18.0 Å². The molecule has 0 fully saturated rings. The molecular formula is C29H28F3N3O2. The minimum absolute atomic E-state index is 0.0266. The number of benzene rings is 3. The molecule has 4 rings (SSSR count). The van der Waals surface area contributed by atoms with Gasteiger partial charge in [-0.1, -0.05) is 32.9 Å². The Morgan fingerprint density at radius 1 is 0.811 bits per heavy atom. The van der Waals surface area contributed by atoms with E-state index >= 15 is 0 Å². The summed E-state index contributed by atoms with van der Waals surface area (Å²) in [6, 6.07) is 19.5. The molecule has 0 saturated carbocycles. The van der Waals surface area contributed by atoms with E-state index in [0.29, 0.717) is 11.1 Å². The average molecular weight is 508 g/mol. The Morgan fingerprint density at radius 2 is 1.35 bits per heavy atom. The van der Waals surface area contributed by atoms with Crippen molar-refractivity contribution >= 4 is 17.3 Å². The molecular weight excluding hydrogens is 479 g/mol. The van der Waals surface area contributed by atoms with Crippen molar-refractivity contribution in [3.63, 3.8) is 0 Å². The highest BCUT2D eigenvalue weighted by molar-refractivity contribution is 6.06. The van der Waals surface area contributed by atoms with Crippen LogP contribution in [0.15, 0.2) is 77.2 Å². The number of amides is 1. The maximum absolute atomic E-state index is 13.2. The molecule has 0 aliphatic carbocycles. The molecule has 5 nitrogen and oxygen atoms in total. The highest BCUT2D eigenvalue weighted by atomic mass is 19.4. The lowest BCUT2D eigenvalue weighted by Crippen LogP contribution is -2.14. The van der Waals surface area contributed by atoms with Crippen molar-refractivity contribution in [1.29, 1.82) is 0 Å². The molecule has 1 N–H and O–H groups in total. The van der Waals surface area contributed by atoms with Crippen LogP contribution in [0.2, 0.25) is 0 Å². The van der Waals surface area contributed by atoms with Gasteiger partial charge in [-0.2, -0.15) is 13.2 Å². The van der Waals surface area contributed by atoms with Gasteiger partial charge in [-0.05, 0) is 71.6 Å². The van der Waals surface area contributed by atoms with E-state index in [1.807, 2.05) is 67.5 Å². The highest BCUT2D eigenvalue weighted by Gasteiger charge is 2.30. The van der Waals surface area contributed by atoms with E-state index in [0.717, 1.165) is 23.4 Å². The molecule has 0 atom stereocenters. The quantitative estimate of drug-likeness (QED) is 0.302. The Kier molecular flexibility index (Phi) is 6.86. The molecule has 0 bridgehead atoms. The Hall–Kier alpha value is -4.07. The van der Waals surface area contributed by atoms with Gasteiger partial charge >= 0.3 is 6.18 Å². The number of nitrogens with one attached hydrogen (secondary N) is 1. The summed E-state index contributed by atoms with van der Waals surface area (Å²) in [5.41, 5.74) is 2.88. The molecule has 0 unspecified atom stereocenters. The average Bonchev–Trinajstić information content (AvgIpc) is 3.29. The van der Waals surface area contributed by atoms with Crippen molar-refractivity contribution in [2.45, 2.75) is 32.4 Å². The SMILES string of the molecule is CN(C)c1ccc(-c2oc(-c3ccc(C(C)(C)C)cc3)nc2C(=O)Nc2ccc(C(F)(F)F)cc2)cc1. The number of hydrogen-bond acceptors (Lipinski definition) is 4. The molecule has 37 heavy (non-hydrogen) atoms. The molecule has 192 valence electrons. The number of nitrogens with zero attached hydrogens (tertiary/aromatic N) is 2. The lowest BCUT2D eigenvalue weighted by Gasteiger charge is -2.18. The Bertz CT molecular complexity index is 1380. The Balaban J connectivity index is 1.71. The molecule has 0 spiro atoms. The van der Waals surface area contributed by atoms with Crippen LogP contribution in [0, 0.1) is 0 Å². The Morgan fingerprint density at radius 3 is 1.86 bits per heavy atom. The van der Waals surface area contributed by atoms with Gasteiger partial charge in [0.2, 0.25) is 5.89 Å². The normalized spacial score (nSPS) is 11.9. The van der Waals surface area contributed by atoms with Crippen LogP contribution in [0.25, 0.3) is 22.8 Å². The second-order valence-electron chi connectivity index (χ2n) is 9.99. The van der Waals surface area contributed by atoms with E-state index in [1.54, 1.807) is 0 Å². The second-order valence-corrected chi connectivity index (χ2v) is 9.99. The van der Waals surface area contributed by atoms with Gasteiger partial charge in [0.15, 0.2) is 11.5 Å². The van der Waals surface area contributed by atoms with Gasteiger partial charge in [-0.15, -0.1) is 0 Å². The van der Waals surface area contributed by atoms with Crippen molar-refractivity contribution in [2.75, 3.05) is 24.3 Å². The van der Waals surface area contributed by atoms with Crippen molar-refractivity contribution in [3.05, 3.63) is 89.6 Å². The standard InChI is InChI=1S/C29H28F3N3O2/c1-28(2,3)20-10-6-19(7-11-20)27-34-24(25(37-27)18-8-16-23(17-9-18)35(4)5)26(36)33-22-14-12-21(13-15-22)29(30,31)32/h6-17H,1-5H3,(H,33,36). The first-order chi connectivity index (χ1) is 17.3. The summed E-state index contributed by atoms with van der Waals surface area (Å²) in [6.45, 7) is 6.35. The van der Waals surface area contributed by atoms with Crippen molar-refractivity contribution in [1.82, 2.24) is 4.98 Å².